The third-order valence-corrected chi connectivity index (χ3v) is 3.71. The highest BCUT2D eigenvalue weighted by Crippen LogP contribution is 2.14. The smallest absolute Gasteiger partial charge is 0.233 e. The predicted molar refractivity (Wildman–Crippen MR) is 47.3 cm³/mol. The zero-order chi connectivity index (χ0) is 11.5. The fourth-order valence-electron chi connectivity index (χ4n) is 0.749. The normalized spacial score (nSPS) is 12.6. The fraction of sp³-hybridized carbons (Fsp3) is 0. The van der Waals surface area contributed by atoms with Crippen LogP contribution in [-0.4, -0.2) is 22.1 Å². The molecule has 0 aliphatic heterocycles. The Bertz CT molecular complexity index is 516. The molecule has 0 saturated heterocycles. The second-order valence-corrected chi connectivity index (χ2v) is 5.21. The van der Waals surface area contributed by atoms with Gasteiger partial charge in [0, 0.05) is 0 Å². The second kappa shape index (κ2) is 4.24. The van der Waals surface area contributed by atoms with Crippen molar-refractivity contribution < 1.29 is 30.1 Å². The van der Waals surface area contributed by atoms with E-state index in [0.717, 1.165) is 12.1 Å². The Hall–Kier alpha value is -1.00. The summed E-state index contributed by atoms with van der Waals surface area (Å²) in [6.45, 7) is 0. The molecule has 1 aromatic rings. The molecular weight excluding hydrogens is 248 g/mol. The highest BCUT2D eigenvalue weighted by atomic mass is 32.3. The van der Waals surface area contributed by atoms with Crippen molar-refractivity contribution in [1.29, 1.82) is 0 Å². The molecule has 0 spiro atoms. The van der Waals surface area contributed by atoms with Gasteiger partial charge in [-0.1, -0.05) is 22.5 Å². The highest BCUT2D eigenvalue weighted by molar-refractivity contribution is 7.97. The quantitative estimate of drug-likeness (QED) is 0.600. The maximum absolute atomic E-state index is 11.2. The maximum Gasteiger partial charge on any atom is 0.441 e. The molecule has 0 unspecified atom stereocenters. The first-order valence-corrected chi connectivity index (χ1v) is 6.21. The van der Waals surface area contributed by atoms with Crippen molar-refractivity contribution >= 4 is 20.5 Å². The SMILES string of the molecule is O=S(=O)(OO)OS(=O)(=O)c1ccccc1. The number of benzene rings is 1. The molecular formula is C6H6O7S2. The van der Waals surface area contributed by atoms with Crippen LogP contribution in [0.2, 0.25) is 0 Å². The van der Waals surface area contributed by atoms with Crippen molar-refractivity contribution in [1.82, 2.24) is 0 Å². The van der Waals surface area contributed by atoms with Gasteiger partial charge in [0.1, 0.15) is 0 Å². The van der Waals surface area contributed by atoms with Crippen LogP contribution < -0.4 is 0 Å². The van der Waals surface area contributed by atoms with Crippen molar-refractivity contribution in [2.75, 3.05) is 0 Å². The first-order valence-electron chi connectivity index (χ1n) is 3.46. The van der Waals surface area contributed by atoms with Crippen molar-refractivity contribution in [3.05, 3.63) is 30.3 Å². The Labute approximate surface area is 86.3 Å². The highest BCUT2D eigenvalue weighted by Gasteiger charge is 2.25. The van der Waals surface area contributed by atoms with Crippen molar-refractivity contribution in [3.63, 3.8) is 0 Å². The molecule has 0 amide bonds. The zero-order valence-corrected chi connectivity index (χ0v) is 8.73. The van der Waals surface area contributed by atoms with E-state index in [9.17, 15) is 16.8 Å². The Morgan fingerprint density at radius 1 is 1.00 bits per heavy atom. The Morgan fingerprint density at radius 3 is 2.00 bits per heavy atom. The van der Waals surface area contributed by atoms with Crippen LogP contribution in [0, 0.1) is 0 Å². The van der Waals surface area contributed by atoms with Gasteiger partial charge >= 0.3 is 20.5 Å². The Kier molecular flexibility index (Phi) is 3.42. The molecule has 0 fully saturated rings. The minimum Gasteiger partial charge on any atom is -0.233 e. The van der Waals surface area contributed by atoms with E-state index in [1.807, 2.05) is 0 Å². The lowest BCUT2D eigenvalue weighted by Gasteiger charge is -2.02. The van der Waals surface area contributed by atoms with Crippen molar-refractivity contribution in [2.45, 2.75) is 4.90 Å². The van der Waals surface area contributed by atoms with E-state index in [1.165, 1.54) is 18.2 Å². The van der Waals surface area contributed by atoms with Crippen LogP contribution in [0.15, 0.2) is 35.2 Å². The van der Waals surface area contributed by atoms with Gasteiger partial charge in [-0.15, -0.1) is 3.63 Å². The van der Waals surface area contributed by atoms with Crippen LogP contribution in [0.4, 0.5) is 0 Å². The average molecular weight is 254 g/mol. The standard InChI is InChI=1S/C6H6O7S2/c7-12-15(10,11)13-14(8,9)6-4-2-1-3-5-6/h1-5,7H. The lowest BCUT2D eigenvalue weighted by Crippen LogP contribution is -2.14. The molecule has 0 atom stereocenters. The predicted octanol–water partition coefficient (Wildman–Crippen LogP) is 0.126. The first-order chi connectivity index (χ1) is 6.87. The average Bonchev–Trinajstić information content (AvgIpc) is 2.18. The summed E-state index contributed by atoms with van der Waals surface area (Å²) in [5.41, 5.74) is 0. The van der Waals surface area contributed by atoms with Crippen LogP contribution in [0.25, 0.3) is 0 Å². The van der Waals surface area contributed by atoms with Gasteiger partial charge in [-0.25, -0.2) is 5.26 Å². The van der Waals surface area contributed by atoms with Gasteiger partial charge in [-0.05, 0) is 12.1 Å². The van der Waals surface area contributed by atoms with Crippen molar-refractivity contribution in [3.8, 4) is 0 Å². The van der Waals surface area contributed by atoms with Gasteiger partial charge in [0.15, 0.2) is 0 Å². The van der Waals surface area contributed by atoms with Crippen LogP contribution in [-0.2, 0) is 28.5 Å². The molecule has 1 aromatic carbocycles. The molecule has 0 aromatic heterocycles. The van der Waals surface area contributed by atoms with Crippen LogP contribution >= 0.6 is 0 Å². The summed E-state index contributed by atoms with van der Waals surface area (Å²) in [7, 11) is -9.46. The first kappa shape index (κ1) is 12.1. The third-order valence-electron chi connectivity index (χ3n) is 1.30. The van der Waals surface area contributed by atoms with E-state index in [2.05, 4.69) is 7.96 Å². The monoisotopic (exact) mass is 254 g/mol. The van der Waals surface area contributed by atoms with Gasteiger partial charge in [0.05, 0.1) is 4.90 Å². The zero-order valence-electron chi connectivity index (χ0n) is 7.10. The summed E-state index contributed by atoms with van der Waals surface area (Å²) in [5, 5.41) is 7.83. The summed E-state index contributed by atoms with van der Waals surface area (Å²) >= 11 is 0. The second-order valence-electron chi connectivity index (χ2n) is 2.32. The fourth-order valence-corrected chi connectivity index (χ4v) is 2.53. The summed E-state index contributed by atoms with van der Waals surface area (Å²) in [4.78, 5) is -0.370. The molecule has 84 valence electrons. The topological polar surface area (TPSA) is 107 Å². The molecule has 9 heteroatoms. The van der Waals surface area contributed by atoms with Gasteiger partial charge in [0.25, 0.3) is 0 Å². The van der Waals surface area contributed by atoms with E-state index in [0.29, 0.717) is 0 Å². The number of hydrogen-bond acceptors (Lipinski definition) is 7. The van der Waals surface area contributed by atoms with Gasteiger partial charge < -0.3 is 0 Å². The Balaban J connectivity index is 3.07. The summed E-state index contributed by atoms with van der Waals surface area (Å²) < 4.78 is 50.0. The molecule has 7 nitrogen and oxygen atoms in total. The van der Waals surface area contributed by atoms with E-state index in [4.69, 9.17) is 5.26 Å². The Morgan fingerprint density at radius 2 is 1.53 bits per heavy atom. The van der Waals surface area contributed by atoms with Gasteiger partial charge in [-0.3, -0.25) is 0 Å². The molecule has 0 radical (unpaired) electrons. The summed E-state index contributed by atoms with van der Waals surface area (Å²) in [5.74, 6) is 0. The van der Waals surface area contributed by atoms with E-state index >= 15 is 0 Å². The molecule has 15 heavy (non-hydrogen) atoms. The van der Waals surface area contributed by atoms with E-state index in [1.54, 1.807) is 0 Å². The lowest BCUT2D eigenvalue weighted by atomic mass is 10.4. The molecule has 1 rings (SSSR count). The molecule has 0 saturated carbocycles. The van der Waals surface area contributed by atoms with Crippen LogP contribution in [0.3, 0.4) is 0 Å². The van der Waals surface area contributed by atoms with Gasteiger partial charge in [0.2, 0.25) is 0 Å². The van der Waals surface area contributed by atoms with Crippen LogP contribution in [0.1, 0.15) is 0 Å². The summed E-state index contributed by atoms with van der Waals surface area (Å²) in [6.07, 6.45) is 0. The largest absolute Gasteiger partial charge is 0.441 e. The molecule has 0 aliphatic rings. The van der Waals surface area contributed by atoms with E-state index in [-0.39, 0.29) is 4.90 Å². The lowest BCUT2D eigenvalue weighted by molar-refractivity contribution is -0.138. The van der Waals surface area contributed by atoms with E-state index < -0.39 is 20.5 Å². The summed E-state index contributed by atoms with van der Waals surface area (Å²) in [6, 6.07) is 6.55. The van der Waals surface area contributed by atoms with Crippen molar-refractivity contribution in [2.24, 2.45) is 0 Å². The minimum absolute atomic E-state index is 0.370. The minimum atomic E-state index is -4.96. The number of hydrogen-bond donors (Lipinski definition) is 1. The molecule has 1 N–H and O–H groups in total. The van der Waals surface area contributed by atoms with Crippen LogP contribution in [0.5, 0.6) is 0 Å². The maximum atomic E-state index is 11.2. The molecule has 0 aliphatic carbocycles. The molecule has 0 bridgehead atoms. The van der Waals surface area contributed by atoms with Gasteiger partial charge in [-0.2, -0.15) is 16.8 Å². The third kappa shape index (κ3) is 3.25. The number of rotatable bonds is 4. The molecule has 0 heterocycles.